The summed E-state index contributed by atoms with van der Waals surface area (Å²) in [6.07, 6.45) is 8.66. The van der Waals surface area contributed by atoms with Crippen LogP contribution in [0.25, 0.3) is 0 Å². The Hall–Kier alpha value is -2.40. The Labute approximate surface area is 187 Å². The first kappa shape index (κ1) is 21.8. The molecule has 0 radical (unpaired) electrons. The van der Waals surface area contributed by atoms with Crippen LogP contribution in [0.2, 0.25) is 0 Å². The number of aromatic nitrogens is 1. The smallest absolute Gasteiger partial charge is 0.193 e. The second kappa shape index (κ2) is 10.8. The van der Waals surface area contributed by atoms with Crippen molar-refractivity contribution >= 4 is 5.96 Å². The number of aliphatic imine (C=N–C) groups is 1. The predicted octanol–water partition coefficient (Wildman–Crippen LogP) is 3.88. The van der Waals surface area contributed by atoms with Gasteiger partial charge in [0.05, 0.1) is 0 Å². The number of pyridine rings is 1. The summed E-state index contributed by atoms with van der Waals surface area (Å²) in [5.41, 5.74) is 4.04. The number of rotatable bonds is 6. The van der Waals surface area contributed by atoms with Crippen molar-refractivity contribution in [2.75, 3.05) is 32.7 Å². The zero-order valence-electron chi connectivity index (χ0n) is 19.1. The number of nitrogens with zero attached hydrogens (tertiary/aromatic N) is 4. The number of likely N-dealkylation sites (tertiary alicyclic amines) is 2. The number of piperidine rings is 2. The molecule has 0 spiro atoms. The van der Waals surface area contributed by atoms with Crippen LogP contribution in [-0.2, 0) is 13.0 Å². The number of fused-ring (bicyclic) bond motifs is 1. The van der Waals surface area contributed by atoms with Gasteiger partial charge >= 0.3 is 0 Å². The average molecular weight is 420 g/mol. The summed E-state index contributed by atoms with van der Waals surface area (Å²) in [4.78, 5) is 14.4. The fourth-order valence-corrected chi connectivity index (χ4v) is 5.20. The molecule has 2 fully saturated rings. The summed E-state index contributed by atoms with van der Waals surface area (Å²) >= 11 is 0. The van der Waals surface area contributed by atoms with Gasteiger partial charge in [-0.25, -0.2) is 0 Å². The van der Waals surface area contributed by atoms with Gasteiger partial charge < -0.3 is 10.2 Å². The molecule has 0 amide bonds. The van der Waals surface area contributed by atoms with Crippen LogP contribution in [0.15, 0.2) is 53.8 Å². The lowest BCUT2D eigenvalue weighted by molar-refractivity contribution is 0.0372. The van der Waals surface area contributed by atoms with Gasteiger partial charge in [0.15, 0.2) is 5.96 Å². The van der Waals surface area contributed by atoms with E-state index in [2.05, 4.69) is 70.3 Å². The van der Waals surface area contributed by atoms with Crippen molar-refractivity contribution in [1.29, 1.82) is 0 Å². The van der Waals surface area contributed by atoms with E-state index in [0.29, 0.717) is 6.04 Å². The lowest BCUT2D eigenvalue weighted by atomic mass is 9.83. The van der Waals surface area contributed by atoms with Gasteiger partial charge in [-0.05, 0) is 74.8 Å². The molecule has 0 saturated carbocycles. The molecule has 1 N–H and O–H groups in total. The lowest BCUT2D eigenvalue weighted by Gasteiger charge is -2.48. The highest BCUT2D eigenvalue weighted by Crippen LogP contribution is 2.31. The van der Waals surface area contributed by atoms with Crippen molar-refractivity contribution in [3.05, 3.63) is 65.5 Å². The van der Waals surface area contributed by atoms with Crippen molar-refractivity contribution in [1.82, 2.24) is 20.1 Å². The van der Waals surface area contributed by atoms with E-state index in [4.69, 9.17) is 4.99 Å². The summed E-state index contributed by atoms with van der Waals surface area (Å²) < 4.78 is 0. The molecule has 5 nitrogen and oxygen atoms in total. The Kier molecular flexibility index (Phi) is 7.57. The van der Waals surface area contributed by atoms with Crippen LogP contribution in [-0.4, -0.2) is 59.5 Å². The fraction of sp³-hybridized carbons (Fsp3) is 0.538. The topological polar surface area (TPSA) is 43.8 Å². The molecule has 166 valence electrons. The highest BCUT2D eigenvalue weighted by atomic mass is 15.3. The Bertz CT molecular complexity index is 850. The predicted molar refractivity (Wildman–Crippen MR) is 128 cm³/mol. The number of nitrogens with one attached hydrogen (secondary N) is 1. The van der Waals surface area contributed by atoms with Crippen molar-refractivity contribution in [3.63, 3.8) is 0 Å². The third kappa shape index (κ3) is 5.65. The van der Waals surface area contributed by atoms with E-state index < -0.39 is 0 Å². The minimum atomic E-state index is 0.701. The molecular weight excluding hydrogens is 382 g/mol. The van der Waals surface area contributed by atoms with E-state index in [1.807, 2.05) is 12.4 Å². The van der Waals surface area contributed by atoms with E-state index in [1.165, 1.54) is 42.5 Å². The highest BCUT2D eigenvalue weighted by molar-refractivity contribution is 5.80. The first-order valence-electron chi connectivity index (χ1n) is 12.0. The van der Waals surface area contributed by atoms with Gasteiger partial charge in [0.2, 0.25) is 0 Å². The third-order valence-electron chi connectivity index (χ3n) is 6.83. The molecule has 0 bridgehead atoms. The summed E-state index contributed by atoms with van der Waals surface area (Å²) in [7, 11) is 0. The van der Waals surface area contributed by atoms with E-state index in [1.54, 1.807) is 0 Å². The summed E-state index contributed by atoms with van der Waals surface area (Å²) in [5, 5.41) is 3.55. The number of guanidine groups is 1. The van der Waals surface area contributed by atoms with Crippen LogP contribution < -0.4 is 5.32 Å². The molecule has 2 aliphatic rings. The standard InChI is InChI=1S/C26H37N5/c1-3-28-26(29-15-12-23-11-14-27-18-21(23)2)31-17-13-25-24(20-31)10-7-16-30(25)19-22-8-5-4-6-9-22/h4-6,8-9,11,14,18,24-25H,3,7,10,12-13,15-17,19-20H2,1-2H3,(H,28,29). The van der Waals surface area contributed by atoms with E-state index >= 15 is 0 Å². The molecule has 2 saturated heterocycles. The van der Waals surface area contributed by atoms with Crippen molar-refractivity contribution in [2.45, 2.75) is 52.1 Å². The summed E-state index contributed by atoms with van der Waals surface area (Å²) in [5.74, 6) is 1.82. The monoisotopic (exact) mass is 419 g/mol. The van der Waals surface area contributed by atoms with E-state index in [9.17, 15) is 0 Å². The van der Waals surface area contributed by atoms with Crippen molar-refractivity contribution in [3.8, 4) is 0 Å². The molecule has 2 atom stereocenters. The maximum Gasteiger partial charge on any atom is 0.193 e. The Balaban J connectivity index is 1.37. The van der Waals surface area contributed by atoms with Gasteiger partial charge in [0.1, 0.15) is 0 Å². The molecular formula is C26H37N5. The highest BCUT2D eigenvalue weighted by Gasteiger charge is 2.36. The maximum absolute atomic E-state index is 5.00. The van der Waals surface area contributed by atoms with Crippen LogP contribution in [0.1, 0.15) is 42.9 Å². The van der Waals surface area contributed by atoms with Crippen LogP contribution in [0, 0.1) is 12.8 Å². The zero-order valence-corrected chi connectivity index (χ0v) is 19.1. The van der Waals surface area contributed by atoms with Crippen LogP contribution in [0.5, 0.6) is 0 Å². The Morgan fingerprint density at radius 1 is 1.16 bits per heavy atom. The van der Waals surface area contributed by atoms with Crippen LogP contribution >= 0.6 is 0 Å². The SMILES string of the molecule is CCNC(=NCCc1ccncc1C)N1CCC2C(CCCN2Cc2ccccc2)C1. The van der Waals surface area contributed by atoms with Crippen molar-refractivity contribution < 1.29 is 0 Å². The molecule has 3 heterocycles. The van der Waals surface area contributed by atoms with Gasteiger partial charge in [-0.1, -0.05) is 30.3 Å². The van der Waals surface area contributed by atoms with Gasteiger partial charge in [-0.2, -0.15) is 0 Å². The Morgan fingerprint density at radius 2 is 2.03 bits per heavy atom. The minimum absolute atomic E-state index is 0.701. The molecule has 2 unspecified atom stereocenters. The molecule has 1 aromatic heterocycles. The maximum atomic E-state index is 5.00. The molecule has 0 aliphatic carbocycles. The van der Waals surface area contributed by atoms with E-state index in [-0.39, 0.29) is 0 Å². The second-order valence-corrected chi connectivity index (χ2v) is 8.95. The molecule has 1 aromatic carbocycles. The third-order valence-corrected chi connectivity index (χ3v) is 6.83. The zero-order chi connectivity index (χ0) is 21.5. The molecule has 2 aliphatic heterocycles. The summed E-state index contributed by atoms with van der Waals surface area (Å²) in [6.45, 7) is 10.6. The largest absolute Gasteiger partial charge is 0.357 e. The molecule has 31 heavy (non-hydrogen) atoms. The number of benzene rings is 1. The van der Waals surface area contributed by atoms with Crippen LogP contribution in [0.3, 0.4) is 0 Å². The number of hydrogen-bond acceptors (Lipinski definition) is 3. The van der Waals surface area contributed by atoms with Gasteiger partial charge in [-0.15, -0.1) is 0 Å². The fourth-order valence-electron chi connectivity index (χ4n) is 5.20. The molecule has 2 aromatic rings. The first-order valence-corrected chi connectivity index (χ1v) is 12.0. The van der Waals surface area contributed by atoms with Crippen molar-refractivity contribution in [2.24, 2.45) is 10.9 Å². The lowest BCUT2D eigenvalue weighted by Crippen LogP contribution is -2.56. The van der Waals surface area contributed by atoms with Gasteiger partial charge in [-0.3, -0.25) is 14.9 Å². The van der Waals surface area contributed by atoms with Gasteiger partial charge in [0, 0.05) is 51.2 Å². The Morgan fingerprint density at radius 3 is 2.84 bits per heavy atom. The molecule has 4 rings (SSSR count). The number of aryl methyl sites for hydroxylation is 1. The molecule has 5 heteroatoms. The van der Waals surface area contributed by atoms with E-state index in [0.717, 1.165) is 51.0 Å². The second-order valence-electron chi connectivity index (χ2n) is 8.95. The average Bonchev–Trinajstić information content (AvgIpc) is 2.80. The number of hydrogen-bond donors (Lipinski definition) is 1. The minimum Gasteiger partial charge on any atom is -0.357 e. The quantitative estimate of drug-likeness (QED) is 0.570. The normalized spacial score (nSPS) is 22.3. The van der Waals surface area contributed by atoms with Crippen LogP contribution in [0.4, 0.5) is 0 Å². The van der Waals surface area contributed by atoms with Gasteiger partial charge in [0.25, 0.3) is 0 Å². The summed E-state index contributed by atoms with van der Waals surface area (Å²) in [6, 6.07) is 13.8. The first-order chi connectivity index (χ1) is 15.2.